The molecule has 0 spiro atoms. The van der Waals surface area contributed by atoms with E-state index in [4.69, 9.17) is 0 Å². The second kappa shape index (κ2) is 11.7. The number of hydrogen-bond acceptors (Lipinski definition) is 8. The summed E-state index contributed by atoms with van der Waals surface area (Å²) in [5.74, 6) is -1.87. The predicted octanol–water partition coefficient (Wildman–Crippen LogP) is 0.317. The van der Waals surface area contributed by atoms with Gasteiger partial charge in [0.05, 0.1) is 11.1 Å². The SMILES string of the molecule is Cl.O=C1CCC(N2C(=O)c3ccc(N4CCN(CCCCN5CCNCC5)CC4)cc3C2=O)C(=O)N1. The zero-order valence-corrected chi connectivity index (χ0v) is 21.4. The van der Waals surface area contributed by atoms with Gasteiger partial charge in [-0.05, 0) is 50.6 Å². The van der Waals surface area contributed by atoms with Crippen molar-refractivity contribution in [2.45, 2.75) is 31.7 Å². The normalized spacial score (nSPS) is 23.5. The van der Waals surface area contributed by atoms with Crippen molar-refractivity contribution in [3.05, 3.63) is 29.3 Å². The molecule has 0 aromatic heterocycles. The highest BCUT2D eigenvalue weighted by molar-refractivity contribution is 6.23. The van der Waals surface area contributed by atoms with Crippen LogP contribution in [0.3, 0.4) is 0 Å². The van der Waals surface area contributed by atoms with Crippen molar-refractivity contribution in [2.75, 3.05) is 70.3 Å². The van der Waals surface area contributed by atoms with Crippen LogP contribution in [0.25, 0.3) is 0 Å². The van der Waals surface area contributed by atoms with Crippen LogP contribution in [0.5, 0.6) is 0 Å². The molecule has 11 heteroatoms. The summed E-state index contributed by atoms with van der Waals surface area (Å²) in [6.45, 7) is 10.5. The van der Waals surface area contributed by atoms with Crippen LogP contribution in [0, 0.1) is 0 Å². The Morgan fingerprint density at radius 3 is 2.11 bits per heavy atom. The number of piperazine rings is 2. The minimum atomic E-state index is -0.932. The molecular weight excluding hydrogens is 484 g/mol. The van der Waals surface area contributed by atoms with Gasteiger partial charge in [0.25, 0.3) is 11.8 Å². The molecule has 3 fully saturated rings. The summed E-state index contributed by atoms with van der Waals surface area (Å²) in [7, 11) is 0. The van der Waals surface area contributed by atoms with Gasteiger partial charge in [0, 0.05) is 64.5 Å². The van der Waals surface area contributed by atoms with E-state index in [0.29, 0.717) is 11.1 Å². The molecule has 196 valence electrons. The molecule has 0 bridgehead atoms. The number of piperidine rings is 1. The van der Waals surface area contributed by atoms with Crippen molar-refractivity contribution in [2.24, 2.45) is 0 Å². The number of halogens is 1. The molecule has 4 heterocycles. The van der Waals surface area contributed by atoms with E-state index in [-0.39, 0.29) is 31.2 Å². The molecule has 4 aliphatic heterocycles. The van der Waals surface area contributed by atoms with Gasteiger partial charge in [0.1, 0.15) is 6.04 Å². The number of imide groups is 2. The lowest BCUT2D eigenvalue weighted by Crippen LogP contribution is -2.54. The number of unbranched alkanes of at least 4 members (excludes halogenated alkanes) is 1. The molecule has 4 aliphatic rings. The van der Waals surface area contributed by atoms with Crippen LogP contribution in [-0.2, 0) is 9.59 Å². The maximum absolute atomic E-state index is 13.1. The summed E-state index contributed by atoms with van der Waals surface area (Å²) < 4.78 is 0. The quantitative estimate of drug-likeness (QED) is 0.393. The van der Waals surface area contributed by atoms with Crippen LogP contribution < -0.4 is 15.5 Å². The number of fused-ring (bicyclic) bond motifs is 1. The molecule has 1 aromatic carbocycles. The fourth-order valence-corrected chi connectivity index (χ4v) is 5.49. The van der Waals surface area contributed by atoms with Crippen LogP contribution >= 0.6 is 12.4 Å². The van der Waals surface area contributed by atoms with Crippen LogP contribution in [0.4, 0.5) is 5.69 Å². The Bertz CT molecular complexity index is 1010. The molecule has 0 aliphatic carbocycles. The molecule has 0 saturated carbocycles. The zero-order valence-electron chi connectivity index (χ0n) is 20.5. The Hall–Kier alpha value is -2.53. The maximum Gasteiger partial charge on any atom is 0.262 e. The number of carbonyl (C=O) groups is 4. The van der Waals surface area contributed by atoms with E-state index < -0.39 is 23.8 Å². The molecule has 5 rings (SSSR count). The number of anilines is 1. The molecule has 3 saturated heterocycles. The number of nitrogens with zero attached hydrogens (tertiary/aromatic N) is 4. The molecule has 2 N–H and O–H groups in total. The first-order chi connectivity index (χ1) is 17.0. The minimum Gasteiger partial charge on any atom is -0.369 e. The van der Waals surface area contributed by atoms with Crippen LogP contribution in [0.2, 0.25) is 0 Å². The number of rotatable bonds is 7. The topological polar surface area (TPSA) is 105 Å². The van der Waals surface area contributed by atoms with Crippen molar-refractivity contribution in [3.8, 4) is 0 Å². The number of nitrogens with one attached hydrogen (secondary N) is 2. The summed E-state index contributed by atoms with van der Waals surface area (Å²) in [6, 6.07) is 4.43. The van der Waals surface area contributed by atoms with Crippen molar-refractivity contribution < 1.29 is 19.2 Å². The summed E-state index contributed by atoms with van der Waals surface area (Å²) in [5.41, 5.74) is 1.59. The number of carbonyl (C=O) groups excluding carboxylic acids is 4. The number of hydrogen-bond donors (Lipinski definition) is 2. The monoisotopic (exact) mass is 518 g/mol. The van der Waals surface area contributed by atoms with Crippen LogP contribution in [-0.4, -0.2) is 110 Å². The number of benzene rings is 1. The van der Waals surface area contributed by atoms with Crippen molar-refractivity contribution in [1.82, 2.24) is 25.3 Å². The van der Waals surface area contributed by atoms with Crippen LogP contribution in [0.1, 0.15) is 46.4 Å². The van der Waals surface area contributed by atoms with Crippen molar-refractivity contribution >= 4 is 41.7 Å². The highest BCUT2D eigenvalue weighted by atomic mass is 35.5. The highest BCUT2D eigenvalue weighted by Gasteiger charge is 2.44. The molecule has 0 radical (unpaired) electrons. The molecule has 4 amide bonds. The Labute approximate surface area is 217 Å². The first-order valence-corrected chi connectivity index (χ1v) is 12.8. The largest absolute Gasteiger partial charge is 0.369 e. The fourth-order valence-electron chi connectivity index (χ4n) is 5.49. The lowest BCUT2D eigenvalue weighted by molar-refractivity contribution is -0.136. The third-order valence-corrected chi connectivity index (χ3v) is 7.57. The Morgan fingerprint density at radius 2 is 1.44 bits per heavy atom. The molecule has 36 heavy (non-hydrogen) atoms. The third-order valence-electron chi connectivity index (χ3n) is 7.57. The first-order valence-electron chi connectivity index (χ1n) is 12.8. The van der Waals surface area contributed by atoms with E-state index in [1.165, 1.54) is 19.4 Å². The average molecular weight is 519 g/mol. The van der Waals surface area contributed by atoms with Gasteiger partial charge in [0.15, 0.2) is 0 Å². The summed E-state index contributed by atoms with van der Waals surface area (Å²) in [4.78, 5) is 58.0. The van der Waals surface area contributed by atoms with E-state index in [9.17, 15) is 19.2 Å². The predicted molar refractivity (Wildman–Crippen MR) is 138 cm³/mol. The van der Waals surface area contributed by atoms with Crippen molar-refractivity contribution in [3.63, 3.8) is 0 Å². The standard InChI is InChI=1S/C25H34N6O4.ClH/c32-22-6-5-21(23(33)27-22)31-24(34)19-4-3-18(17-20(19)25(31)35)30-15-13-29(14-16-30)10-2-1-9-28-11-7-26-8-12-28;/h3-4,17,21,26H,1-2,5-16H2,(H,27,32,33);1H. The first kappa shape index (κ1) is 26.5. The lowest BCUT2D eigenvalue weighted by atomic mass is 10.0. The molecular formula is C25H35ClN6O4. The van der Waals surface area contributed by atoms with Crippen molar-refractivity contribution in [1.29, 1.82) is 0 Å². The summed E-state index contributed by atoms with van der Waals surface area (Å²) >= 11 is 0. The zero-order chi connectivity index (χ0) is 24.4. The number of amides is 4. The third kappa shape index (κ3) is 5.56. The minimum absolute atomic E-state index is 0. The Kier molecular flexibility index (Phi) is 8.61. The Morgan fingerprint density at radius 1 is 0.806 bits per heavy atom. The van der Waals surface area contributed by atoms with Gasteiger partial charge in [-0.15, -0.1) is 12.4 Å². The van der Waals surface area contributed by atoms with E-state index in [1.54, 1.807) is 12.1 Å². The van der Waals surface area contributed by atoms with E-state index >= 15 is 0 Å². The maximum atomic E-state index is 13.1. The molecule has 1 unspecified atom stereocenters. The van der Waals surface area contributed by atoms with Gasteiger partial charge in [0.2, 0.25) is 11.8 Å². The molecule has 1 atom stereocenters. The second-order valence-corrected chi connectivity index (χ2v) is 9.80. The lowest BCUT2D eigenvalue weighted by Gasteiger charge is -2.36. The van der Waals surface area contributed by atoms with Gasteiger partial charge in [-0.2, -0.15) is 0 Å². The summed E-state index contributed by atoms with van der Waals surface area (Å²) in [5, 5.41) is 5.63. The fraction of sp³-hybridized carbons (Fsp3) is 0.600. The smallest absolute Gasteiger partial charge is 0.262 e. The molecule has 10 nitrogen and oxygen atoms in total. The van der Waals surface area contributed by atoms with Gasteiger partial charge in [-0.25, -0.2) is 0 Å². The van der Waals surface area contributed by atoms with Crippen LogP contribution in [0.15, 0.2) is 18.2 Å². The Balaban J connectivity index is 0.00000304. The molecule has 1 aromatic rings. The van der Waals surface area contributed by atoms with Gasteiger partial charge in [-0.1, -0.05) is 0 Å². The van der Waals surface area contributed by atoms with E-state index in [2.05, 4.69) is 25.3 Å². The van der Waals surface area contributed by atoms with Gasteiger partial charge < -0.3 is 15.1 Å². The average Bonchev–Trinajstić information content (AvgIpc) is 3.12. The van der Waals surface area contributed by atoms with Gasteiger partial charge in [-0.3, -0.25) is 34.3 Å². The van der Waals surface area contributed by atoms with E-state index in [1.807, 2.05) is 6.07 Å². The van der Waals surface area contributed by atoms with Gasteiger partial charge >= 0.3 is 0 Å². The van der Waals surface area contributed by atoms with E-state index in [0.717, 1.165) is 69.5 Å². The second-order valence-electron chi connectivity index (χ2n) is 9.80. The summed E-state index contributed by atoms with van der Waals surface area (Å²) in [6.07, 6.45) is 2.72. The highest BCUT2D eigenvalue weighted by Crippen LogP contribution is 2.31.